The van der Waals surface area contributed by atoms with Crippen LogP contribution in [0.5, 0.6) is 0 Å². The lowest BCUT2D eigenvalue weighted by Crippen LogP contribution is -1.90. The summed E-state index contributed by atoms with van der Waals surface area (Å²) in [6.07, 6.45) is 0. The summed E-state index contributed by atoms with van der Waals surface area (Å²) in [5.41, 5.74) is 1.09. The topological polar surface area (TPSA) is 42.5 Å². The van der Waals surface area contributed by atoms with Crippen molar-refractivity contribution >= 4 is 13.8 Å². The Kier molecular flexibility index (Phi) is 1.84. The largest absolute Gasteiger partial charge is 0.274 e. The first-order valence-electron chi connectivity index (χ1n) is 3.04. The molecule has 1 aromatic rings. The van der Waals surface area contributed by atoms with Gasteiger partial charge >= 0.3 is 0 Å². The molecular formula is C5H9BN4. The summed E-state index contributed by atoms with van der Waals surface area (Å²) in [5.74, 6) is 0.669. The van der Waals surface area contributed by atoms with E-state index in [9.17, 15) is 0 Å². The SMILES string of the molecule is BN=Nc1cc(C)n(C)n1. The Morgan fingerprint density at radius 1 is 1.70 bits per heavy atom. The molecule has 0 atom stereocenters. The van der Waals surface area contributed by atoms with Gasteiger partial charge in [0.2, 0.25) is 0 Å². The molecular weight excluding hydrogens is 127 g/mol. The lowest BCUT2D eigenvalue weighted by Gasteiger charge is -1.87. The molecule has 0 fully saturated rings. The van der Waals surface area contributed by atoms with Crippen molar-refractivity contribution < 1.29 is 0 Å². The highest BCUT2D eigenvalue weighted by Gasteiger charge is 1.96. The van der Waals surface area contributed by atoms with Gasteiger partial charge in [-0.2, -0.15) is 5.10 Å². The predicted octanol–water partition coefficient (Wildman–Crippen LogP) is 0.360. The van der Waals surface area contributed by atoms with Crippen molar-refractivity contribution in [2.75, 3.05) is 0 Å². The fourth-order valence-corrected chi connectivity index (χ4v) is 0.693. The van der Waals surface area contributed by atoms with Gasteiger partial charge < -0.3 is 0 Å². The maximum Gasteiger partial charge on any atom is 0.274 e. The third-order valence-corrected chi connectivity index (χ3v) is 1.30. The second-order valence-corrected chi connectivity index (χ2v) is 2.07. The molecule has 10 heavy (non-hydrogen) atoms. The third-order valence-electron chi connectivity index (χ3n) is 1.30. The number of hydrogen-bond acceptors (Lipinski definition) is 3. The number of hydrogen-bond donors (Lipinski definition) is 0. The van der Waals surface area contributed by atoms with Gasteiger partial charge in [-0.15, -0.1) is 5.11 Å². The second-order valence-electron chi connectivity index (χ2n) is 2.07. The monoisotopic (exact) mass is 136 g/mol. The van der Waals surface area contributed by atoms with Crippen LogP contribution in [0.3, 0.4) is 0 Å². The molecule has 0 radical (unpaired) electrons. The Hall–Kier alpha value is -1.13. The summed E-state index contributed by atoms with van der Waals surface area (Å²) in [5, 5.41) is 11.4. The average molecular weight is 136 g/mol. The predicted molar refractivity (Wildman–Crippen MR) is 41.0 cm³/mol. The Bertz CT molecular complexity index is 233. The molecule has 0 amide bonds. The van der Waals surface area contributed by atoms with Crippen molar-refractivity contribution in [1.82, 2.24) is 9.78 Å². The molecule has 1 aromatic heterocycles. The van der Waals surface area contributed by atoms with Crippen LogP contribution in [0.25, 0.3) is 0 Å². The molecule has 52 valence electrons. The molecule has 0 aliphatic rings. The van der Waals surface area contributed by atoms with Crippen molar-refractivity contribution in [2.45, 2.75) is 6.92 Å². The van der Waals surface area contributed by atoms with Crippen LogP contribution in [0.15, 0.2) is 16.2 Å². The van der Waals surface area contributed by atoms with E-state index in [1.165, 1.54) is 0 Å². The van der Waals surface area contributed by atoms with E-state index in [-0.39, 0.29) is 0 Å². The van der Waals surface area contributed by atoms with Gasteiger partial charge in [0, 0.05) is 18.8 Å². The smallest absolute Gasteiger partial charge is 0.271 e. The zero-order chi connectivity index (χ0) is 7.56. The standard InChI is InChI=1S/C5H9BN4/c1-4-3-5(7-9-6)8-10(4)2/h3H,6H2,1-2H3. The lowest BCUT2D eigenvalue weighted by molar-refractivity contribution is 0.740. The van der Waals surface area contributed by atoms with E-state index >= 15 is 0 Å². The maximum atomic E-state index is 4.06. The van der Waals surface area contributed by atoms with Gasteiger partial charge in [0.05, 0.1) is 0 Å². The molecule has 0 spiro atoms. The molecule has 1 heterocycles. The lowest BCUT2D eigenvalue weighted by atomic mass is 10.5. The van der Waals surface area contributed by atoms with Gasteiger partial charge in [0.25, 0.3) is 7.98 Å². The van der Waals surface area contributed by atoms with Crippen molar-refractivity contribution in [3.05, 3.63) is 11.8 Å². The Morgan fingerprint density at radius 2 is 2.40 bits per heavy atom. The highest BCUT2D eigenvalue weighted by molar-refractivity contribution is 6.04. The molecule has 0 bridgehead atoms. The first kappa shape index (κ1) is 6.99. The van der Waals surface area contributed by atoms with Crippen LogP contribution in [0.4, 0.5) is 5.82 Å². The van der Waals surface area contributed by atoms with E-state index in [0.29, 0.717) is 5.82 Å². The number of nitrogens with zero attached hydrogens (tertiary/aromatic N) is 4. The Labute approximate surface area is 60.4 Å². The van der Waals surface area contributed by atoms with Crippen molar-refractivity contribution in [2.24, 2.45) is 17.2 Å². The summed E-state index contributed by atoms with van der Waals surface area (Å²) in [6.45, 7) is 1.97. The van der Waals surface area contributed by atoms with Crippen LogP contribution in [0.1, 0.15) is 5.69 Å². The van der Waals surface area contributed by atoms with Gasteiger partial charge in [-0.1, -0.05) is 0 Å². The van der Waals surface area contributed by atoms with Crippen molar-refractivity contribution in [3.8, 4) is 0 Å². The van der Waals surface area contributed by atoms with E-state index in [1.54, 1.807) is 12.7 Å². The second kappa shape index (κ2) is 2.64. The summed E-state index contributed by atoms with van der Waals surface area (Å²) in [7, 11) is 3.51. The van der Waals surface area contributed by atoms with Crippen LogP contribution in [0.2, 0.25) is 0 Å². The molecule has 0 saturated carbocycles. The highest BCUT2D eigenvalue weighted by Crippen LogP contribution is 2.09. The van der Waals surface area contributed by atoms with Gasteiger partial charge in [-0.25, -0.2) is 0 Å². The van der Waals surface area contributed by atoms with Crippen LogP contribution < -0.4 is 0 Å². The fourth-order valence-electron chi connectivity index (χ4n) is 0.693. The minimum Gasteiger partial charge on any atom is -0.271 e. The average Bonchev–Trinajstić information content (AvgIpc) is 2.14. The first-order valence-corrected chi connectivity index (χ1v) is 3.04. The van der Waals surface area contributed by atoms with Crippen molar-refractivity contribution in [1.29, 1.82) is 0 Å². The third kappa shape index (κ3) is 1.23. The molecule has 1 rings (SSSR count). The molecule has 0 aliphatic heterocycles. The molecule has 0 unspecified atom stereocenters. The molecule has 0 aromatic carbocycles. The first-order chi connectivity index (χ1) is 4.74. The van der Waals surface area contributed by atoms with E-state index in [1.807, 2.05) is 20.0 Å². The van der Waals surface area contributed by atoms with E-state index < -0.39 is 0 Å². The minimum atomic E-state index is 0.669. The normalized spacial score (nSPS) is 11.0. The zero-order valence-electron chi connectivity index (χ0n) is 6.37. The minimum absolute atomic E-state index is 0.669. The van der Waals surface area contributed by atoms with Gasteiger partial charge in [0.1, 0.15) is 0 Å². The van der Waals surface area contributed by atoms with Crippen LogP contribution in [-0.2, 0) is 7.05 Å². The van der Waals surface area contributed by atoms with E-state index in [0.717, 1.165) is 5.69 Å². The molecule has 4 nitrogen and oxygen atoms in total. The quantitative estimate of drug-likeness (QED) is 0.406. The van der Waals surface area contributed by atoms with Crippen molar-refractivity contribution in [3.63, 3.8) is 0 Å². The molecule has 5 heteroatoms. The number of aromatic nitrogens is 2. The van der Waals surface area contributed by atoms with Gasteiger partial charge in [-0.05, 0) is 6.92 Å². The van der Waals surface area contributed by atoms with Crippen LogP contribution in [0, 0.1) is 6.92 Å². The molecule has 0 aliphatic carbocycles. The fraction of sp³-hybridized carbons (Fsp3) is 0.400. The molecule has 0 N–H and O–H groups in total. The van der Waals surface area contributed by atoms with Crippen LogP contribution in [-0.4, -0.2) is 17.8 Å². The number of rotatable bonds is 1. The van der Waals surface area contributed by atoms with Gasteiger partial charge in [-0.3, -0.25) is 9.71 Å². The van der Waals surface area contributed by atoms with Gasteiger partial charge in [0.15, 0.2) is 5.82 Å². The Morgan fingerprint density at radius 3 is 2.80 bits per heavy atom. The Balaban J connectivity index is 2.98. The summed E-state index contributed by atoms with van der Waals surface area (Å²) in [6, 6.07) is 1.88. The van der Waals surface area contributed by atoms with E-state index in [2.05, 4.69) is 15.2 Å². The molecule has 0 saturated heterocycles. The summed E-state index contributed by atoms with van der Waals surface area (Å²) < 4.78 is 1.77. The van der Waals surface area contributed by atoms with E-state index in [4.69, 9.17) is 0 Å². The highest BCUT2D eigenvalue weighted by atomic mass is 15.3. The zero-order valence-corrected chi connectivity index (χ0v) is 6.37. The maximum absolute atomic E-state index is 4.06. The summed E-state index contributed by atoms with van der Waals surface area (Å²) >= 11 is 0. The van der Waals surface area contributed by atoms with Crippen LogP contribution >= 0.6 is 0 Å². The number of aryl methyl sites for hydroxylation is 2. The summed E-state index contributed by atoms with van der Waals surface area (Å²) in [4.78, 5) is 0.